The minimum absolute atomic E-state index is 0.0749. The highest BCUT2D eigenvalue weighted by atomic mass is 16.5. The molecule has 0 aliphatic carbocycles. The molecule has 0 spiro atoms. The smallest absolute Gasteiger partial charge is 0.248 e. The van der Waals surface area contributed by atoms with E-state index in [1.165, 1.54) is 5.56 Å². The van der Waals surface area contributed by atoms with Crippen LogP contribution in [0, 0.1) is 0 Å². The van der Waals surface area contributed by atoms with Crippen LogP contribution in [-0.4, -0.2) is 39.4 Å². The van der Waals surface area contributed by atoms with E-state index in [9.17, 15) is 4.79 Å². The first kappa shape index (κ1) is 21.6. The van der Waals surface area contributed by atoms with E-state index in [2.05, 4.69) is 34.6 Å². The van der Waals surface area contributed by atoms with Gasteiger partial charge in [0.15, 0.2) is 11.5 Å². The summed E-state index contributed by atoms with van der Waals surface area (Å²) in [6.45, 7) is 1.61. The predicted octanol–water partition coefficient (Wildman–Crippen LogP) is 3.81. The third-order valence-corrected chi connectivity index (χ3v) is 5.57. The van der Waals surface area contributed by atoms with Gasteiger partial charge in [-0.05, 0) is 23.3 Å². The Bertz CT molecular complexity index is 1140. The van der Waals surface area contributed by atoms with Gasteiger partial charge >= 0.3 is 0 Å². The van der Waals surface area contributed by atoms with Gasteiger partial charge in [0.2, 0.25) is 5.91 Å². The van der Waals surface area contributed by atoms with Crippen molar-refractivity contribution in [1.82, 2.24) is 5.32 Å². The summed E-state index contributed by atoms with van der Waals surface area (Å²) < 4.78 is 11.0. The van der Waals surface area contributed by atoms with Gasteiger partial charge < -0.3 is 19.7 Å². The lowest BCUT2D eigenvalue weighted by molar-refractivity contribution is -0.116. The normalized spacial score (nSPS) is 13.3. The van der Waals surface area contributed by atoms with Crippen molar-refractivity contribution < 1.29 is 14.3 Å². The van der Waals surface area contributed by atoms with Gasteiger partial charge in [0, 0.05) is 37.3 Å². The summed E-state index contributed by atoms with van der Waals surface area (Å²) in [5.74, 6) is 1.10. The van der Waals surface area contributed by atoms with Crippen molar-refractivity contribution in [2.75, 3.05) is 32.7 Å². The van der Waals surface area contributed by atoms with Gasteiger partial charge in [-0.1, -0.05) is 48.5 Å². The summed E-state index contributed by atoms with van der Waals surface area (Å²) in [5.41, 5.74) is 5.70. The van der Waals surface area contributed by atoms with Crippen molar-refractivity contribution >= 4 is 17.3 Å². The quantitative estimate of drug-likeness (QED) is 0.620. The fourth-order valence-electron chi connectivity index (χ4n) is 3.83. The van der Waals surface area contributed by atoms with Gasteiger partial charge in [-0.25, -0.2) is 0 Å². The summed E-state index contributed by atoms with van der Waals surface area (Å²) in [6, 6.07) is 22.3. The van der Waals surface area contributed by atoms with Crippen LogP contribution in [0.25, 0.3) is 0 Å². The number of methoxy groups -OCH3 is 2. The first-order valence-electron chi connectivity index (χ1n) is 10.5. The van der Waals surface area contributed by atoms with Gasteiger partial charge in [-0.3, -0.25) is 9.79 Å². The van der Waals surface area contributed by atoms with Crippen LogP contribution in [0.3, 0.4) is 0 Å². The Balaban J connectivity index is 1.65. The molecule has 0 atom stereocenters. The lowest BCUT2D eigenvalue weighted by atomic mass is 9.98. The van der Waals surface area contributed by atoms with Gasteiger partial charge in [-0.2, -0.15) is 0 Å². The average Bonchev–Trinajstić information content (AvgIpc) is 2.95. The molecule has 3 aromatic carbocycles. The first-order chi connectivity index (χ1) is 15.6. The molecule has 0 saturated heterocycles. The number of benzene rings is 3. The number of anilines is 1. The Morgan fingerprint density at radius 2 is 1.59 bits per heavy atom. The topological polar surface area (TPSA) is 63.2 Å². The van der Waals surface area contributed by atoms with Crippen molar-refractivity contribution in [2.45, 2.75) is 13.1 Å². The number of carbonyl (C=O) groups is 1. The number of hydrogen-bond donors (Lipinski definition) is 1. The Kier molecular flexibility index (Phi) is 6.52. The van der Waals surface area contributed by atoms with Crippen molar-refractivity contribution in [3.63, 3.8) is 0 Å². The molecule has 0 aromatic heterocycles. The van der Waals surface area contributed by atoms with Crippen LogP contribution >= 0.6 is 0 Å². The lowest BCUT2D eigenvalue weighted by Gasteiger charge is -2.20. The molecule has 32 heavy (non-hydrogen) atoms. The van der Waals surface area contributed by atoms with Crippen LogP contribution in [0.2, 0.25) is 0 Å². The molecule has 1 aliphatic rings. The van der Waals surface area contributed by atoms with Crippen molar-refractivity contribution in [2.24, 2.45) is 4.99 Å². The lowest BCUT2D eigenvalue weighted by Crippen LogP contribution is -2.27. The number of fused-ring (bicyclic) bond motifs is 1. The SMILES string of the molecule is COc1cc2c(cc1OC)N(C)C(=O)CN=C2c1cccc(CNCc2ccccc2)c1. The van der Waals surface area contributed by atoms with Gasteiger partial charge in [0.1, 0.15) is 6.54 Å². The van der Waals surface area contributed by atoms with E-state index in [1.807, 2.05) is 42.5 Å². The minimum Gasteiger partial charge on any atom is -0.493 e. The fourth-order valence-corrected chi connectivity index (χ4v) is 3.83. The molecule has 1 aliphatic heterocycles. The zero-order chi connectivity index (χ0) is 22.5. The number of benzodiazepines with no additional fused rings is 1. The molecule has 0 bridgehead atoms. The average molecular weight is 430 g/mol. The van der Waals surface area contributed by atoms with E-state index in [1.54, 1.807) is 26.2 Å². The van der Waals surface area contributed by atoms with Crippen LogP contribution in [0.15, 0.2) is 71.7 Å². The number of hydrogen-bond acceptors (Lipinski definition) is 5. The van der Waals surface area contributed by atoms with Gasteiger partial charge in [0.05, 0.1) is 25.6 Å². The molecular weight excluding hydrogens is 402 g/mol. The van der Waals surface area contributed by atoms with E-state index >= 15 is 0 Å². The second-order valence-electron chi connectivity index (χ2n) is 7.63. The molecule has 164 valence electrons. The number of ether oxygens (including phenoxy) is 2. The van der Waals surface area contributed by atoms with Crippen molar-refractivity contribution in [1.29, 1.82) is 0 Å². The van der Waals surface area contributed by atoms with E-state index in [0.29, 0.717) is 11.5 Å². The van der Waals surface area contributed by atoms with Crippen molar-refractivity contribution in [3.8, 4) is 11.5 Å². The highest BCUT2D eigenvalue weighted by molar-refractivity contribution is 6.20. The second kappa shape index (κ2) is 9.66. The minimum atomic E-state index is -0.0749. The van der Waals surface area contributed by atoms with Crippen LogP contribution < -0.4 is 19.7 Å². The maximum atomic E-state index is 12.6. The standard InChI is InChI=1S/C26H27N3O3/c1-29-22-14-24(32-3)23(31-2)13-21(22)26(28-17-25(29)30)20-11-7-10-19(12-20)16-27-15-18-8-5-4-6-9-18/h4-14,27H,15-17H2,1-3H3. The van der Waals surface area contributed by atoms with E-state index in [0.717, 1.165) is 41.2 Å². The summed E-state index contributed by atoms with van der Waals surface area (Å²) >= 11 is 0. The maximum Gasteiger partial charge on any atom is 0.248 e. The molecule has 0 saturated carbocycles. The predicted molar refractivity (Wildman–Crippen MR) is 127 cm³/mol. The Morgan fingerprint density at radius 3 is 2.34 bits per heavy atom. The molecule has 0 radical (unpaired) electrons. The second-order valence-corrected chi connectivity index (χ2v) is 7.63. The molecular formula is C26H27N3O3. The number of amides is 1. The number of nitrogens with zero attached hydrogens (tertiary/aromatic N) is 2. The molecule has 1 heterocycles. The molecule has 4 rings (SSSR count). The fraction of sp³-hybridized carbons (Fsp3) is 0.231. The number of nitrogens with one attached hydrogen (secondary N) is 1. The third-order valence-electron chi connectivity index (χ3n) is 5.57. The molecule has 1 N–H and O–H groups in total. The number of likely N-dealkylation sites (N-methyl/N-ethyl adjacent to an activating group) is 1. The first-order valence-corrected chi connectivity index (χ1v) is 10.5. The molecule has 6 nitrogen and oxygen atoms in total. The van der Waals surface area contributed by atoms with Crippen LogP contribution in [0.1, 0.15) is 22.3 Å². The van der Waals surface area contributed by atoms with Crippen LogP contribution in [0.5, 0.6) is 11.5 Å². The maximum absolute atomic E-state index is 12.6. The van der Waals surface area contributed by atoms with E-state index < -0.39 is 0 Å². The molecule has 1 amide bonds. The number of carbonyl (C=O) groups excluding carboxylic acids is 1. The molecule has 6 heteroatoms. The Morgan fingerprint density at radius 1 is 0.906 bits per heavy atom. The van der Waals surface area contributed by atoms with Crippen LogP contribution in [-0.2, 0) is 17.9 Å². The summed E-state index contributed by atoms with van der Waals surface area (Å²) in [5, 5.41) is 3.49. The molecule has 0 unspecified atom stereocenters. The number of aliphatic imine (C=N–C) groups is 1. The van der Waals surface area contributed by atoms with Crippen molar-refractivity contribution in [3.05, 3.63) is 89.0 Å². The van der Waals surface area contributed by atoms with E-state index in [-0.39, 0.29) is 12.5 Å². The van der Waals surface area contributed by atoms with Crippen LogP contribution in [0.4, 0.5) is 5.69 Å². The third kappa shape index (κ3) is 4.50. The summed E-state index contributed by atoms with van der Waals surface area (Å²) in [7, 11) is 4.95. The Hall–Kier alpha value is -3.64. The Labute approximate surface area is 188 Å². The molecule has 0 fully saturated rings. The van der Waals surface area contributed by atoms with Gasteiger partial charge in [0.25, 0.3) is 0 Å². The highest BCUT2D eigenvalue weighted by Gasteiger charge is 2.25. The monoisotopic (exact) mass is 429 g/mol. The van der Waals surface area contributed by atoms with Gasteiger partial charge in [-0.15, -0.1) is 0 Å². The molecule has 3 aromatic rings. The summed E-state index contributed by atoms with van der Waals surface area (Å²) in [4.78, 5) is 18.9. The zero-order valence-electron chi connectivity index (χ0n) is 18.6. The highest BCUT2D eigenvalue weighted by Crippen LogP contribution is 2.37. The summed E-state index contributed by atoms with van der Waals surface area (Å²) in [6.07, 6.45) is 0. The van der Waals surface area contributed by atoms with E-state index in [4.69, 9.17) is 9.47 Å². The largest absolute Gasteiger partial charge is 0.493 e. The zero-order valence-corrected chi connectivity index (χ0v) is 18.6. The number of rotatable bonds is 7.